The summed E-state index contributed by atoms with van der Waals surface area (Å²) in [5.74, 6) is 0. The quantitative estimate of drug-likeness (QED) is 0.432. The van der Waals surface area contributed by atoms with Crippen LogP contribution in [0.15, 0.2) is 60.7 Å². The van der Waals surface area contributed by atoms with Crippen LogP contribution in [-0.2, 0) is 0 Å². The Bertz CT molecular complexity index is 857. The molecule has 1 heterocycles. The second kappa shape index (κ2) is 4.77. The molecule has 5 nitrogen and oxygen atoms in total. The number of nitro benzene ring substituents is 1. The topological polar surface area (TPSA) is 67.2 Å². The molecule has 6 heteroatoms. The molecule has 2 N–H and O–H groups in total. The van der Waals surface area contributed by atoms with Crippen molar-refractivity contribution in [3.8, 4) is 0 Å². The molecule has 3 aromatic rings. The normalized spacial score (nSPS) is 12.6. The molecule has 0 unspecified atom stereocenters. The molecule has 1 aliphatic heterocycles. The first kappa shape index (κ1) is 12.7. The zero-order chi connectivity index (χ0) is 15.1. The minimum Gasteiger partial charge on any atom is -0.405 e. The highest BCUT2D eigenvalue weighted by molar-refractivity contribution is 6.80. The SMILES string of the molecule is O=[N+]([O-])c1cccc(B2Nc3cccc4cccc(c34)N2)c1. The highest BCUT2D eigenvalue weighted by atomic mass is 16.6. The summed E-state index contributed by atoms with van der Waals surface area (Å²) >= 11 is 0. The van der Waals surface area contributed by atoms with Crippen LogP contribution in [0.25, 0.3) is 10.8 Å². The third kappa shape index (κ3) is 1.97. The van der Waals surface area contributed by atoms with Gasteiger partial charge in [0.15, 0.2) is 0 Å². The number of hydrogen-bond donors (Lipinski definition) is 2. The Morgan fingerprint density at radius 1 is 0.909 bits per heavy atom. The lowest BCUT2D eigenvalue weighted by molar-refractivity contribution is -0.384. The van der Waals surface area contributed by atoms with E-state index < -0.39 is 0 Å². The van der Waals surface area contributed by atoms with Gasteiger partial charge in [-0.25, -0.2) is 0 Å². The number of anilines is 2. The van der Waals surface area contributed by atoms with E-state index in [-0.39, 0.29) is 17.6 Å². The summed E-state index contributed by atoms with van der Waals surface area (Å²) in [5.41, 5.74) is 2.99. The number of benzene rings is 3. The largest absolute Gasteiger partial charge is 0.406 e. The van der Waals surface area contributed by atoms with E-state index >= 15 is 0 Å². The Morgan fingerprint density at radius 3 is 2.18 bits per heavy atom. The summed E-state index contributed by atoms with van der Waals surface area (Å²) in [5, 5.41) is 20.1. The lowest BCUT2D eigenvalue weighted by atomic mass is 9.66. The van der Waals surface area contributed by atoms with E-state index in [9.17, 15) is 10.1 Å². The van der Waals surface area contributed by atoms with Crippen LogP contribution in [-0.4, -0.2) is 11.9 Å². The van der Waals surface area contributed by atoms with Crippen molar-refractivity contribution >= 4 is 40.3 Å². The van der Waals surface area contributed by atoms with Crippen LogP contribution < -0.4 is 15.9 Å². The highest BCUT2D eigenvalue weighted by Crippen LogP contribution is 2.33. The highest BCUT2D eigenvalue weighted by Gasteiger charge is 2.26. The Morgan fingerprint density at radius 2 is 1.55 bits per heavy atom. The molecule has 4 rings (SSSR count). The van der Waals surface area contributed by atoms with E-state index in [1.165, 1.54) is 6.07 Å². The Labute approximate surface area is 127 Å². The van der Waals surface area contributed by atoms with Crippen molar-refractivity contribution in [2.45, 2.75) is 0 Å². The number of rotatable bonds is 2. The first-order valence-electron chi connectivity index (χ1n) is 7.01. The maximum atomic E-state index is 11.0. The predicted molar refractivity (Wildman–Crippen MR) is 89.7 cm³/mol. The van der Waals surface area contributed by atoms with Gasteiger partial charge in [-0.15, -0.1) is 0 Å². The molecule has 106 valence electrons. The van der Waals surface area contributed by atoms with Gasteiger partial charge in [0.05, 0.1) is 4.92 Å². The minimum absolute atomic E-state index is 0.0955. The first-order valence-corrected chi connectivity index (χ1v) is 7.01. The Hall–Kier alpha value is -3.02. The predicted octanol–water partition coefficient (Wildman–Crippen LogP) is 2.98. The molecule has 3 aromatic carbocycles. The van der Waals surface area contributed by atoms with Gasteiger partial charge in [-0.05, 0) is 23.0 Å². The minimum atomic E-state index is -0.374. The van der Waals surface area contributed by atoms with Gasteiger partial charge in [-0.1, -0.05) is 36.4 Å². The summed E-state index contributed by atoms with van der Waals surface area (Å²) in [4.78, 5) is 10.6. The molecule has 0 saturated carbocycles. The molecule has 22 heavy (non-hydrogen) atoms. The third-order valence-corrected chi connectivity index (χ3v) is 3.92. The molecule has 0 atom stereocenters. The average Bonchev–Trinajstić information content (AvgIpc) is 2.55. The van der Waals surface area contributed by atoms with Gasteiger partial charge < -0.3 is 10.5 Å². The molecule has 0 aliphatic carbocycles. The van der Waals surface area contributed by atoms with Crippen molar-refractivity contribution < 1.29 is 4.92 Å². The maximum Gasteiger partial charge on any atom is 0.406 e. The smallest absolute Gasteiger partial charge is 0.405 e. The lowest BCUT2D eigenvalue weighted by Gasteiger charge is -2.26. The van der Waals surface area contributed by atoms with E-state index in [2.05, 4.69) is 22.6 Å². The molecule has 0 spiro atoms. The van der Waals surface area contributed by atoms with Gasteiger partial charge in [0.25, 0.3) is 5.69 Å². The molecule has 0 bridgehead atoms. The molecule has 0 saturated heterocycles. The Balaban J connectivity index is 1.78. The van der Waals surface area contributed by atoms with Crippen LogP contribution in [0.4, 0.5) is 17.1 Å². The summed E-state index contributed by atoms with van der Waals surface area (Å²) in [7, 11) is 0. The van der Waals surface area contributed by atoms with Gasteiger partial charge in [0, 0.05) is 28.9 Å². The maximum absolute atomic E-state index is 11.0. The van der Waals surface area contributed by atoms with Gasteiger partial charge in [-0.2, -0.15) is 0 Å². The average molecular weight is 289 g/mol. The van der Waals surface area contributed by atoms with E-state index in [1.54, 1.807) is 12.1 Å². The van der Waals surface area contributed by atoms with E-state index in [4.69, 9.17) is 0 Å². The zero-order valence-electron chi connectivity index (χ0n) is 11.6. The van der Waals surface area contributed by atoms with Crippen LogP contribution in [0, 0.1) is 10.1 Å². The molecule has 1 aliphatic rings. The molecule has 0 amide bonds. The van der Waals surface area contributed by atoms with E-state index in [0.29, 0.717) is 0 Å². The van der Waals surface area contributed by atoms with Crippen LogP contribution in [0.5, 0.6) is 0 Å². The number of hydrogen-bond acceptors (Lipinski definition) is 4. The standard InChI is InChI=1S/C16H12BN3O2/c21-20(22)13-7-3-6-12(10-13)17-18-14-8-1-4-11-5-2-9-15(19-17)16(11)14/h1-10,18-19H. The lowest BCUT2D eigenvalue weighted by Crippen LogP contribution is -2.47. The monoisotopic (exact) mass is 289 g/mol. The van der Waals surface area contributed by atoms with E-state index in [0.717, 1.165) is 27.6 Å². The number of nitrogens with zero attached hydrogens (tertiary/aromatic N) is 1. The summed E-state index contributed by atoms with van der Waals surface area (Å²) < 4.78 is 0. The van der Waals surface area contributed by atoms with Crippen molar-refractivity contribution in [3.05, 3.63) is 70.8 Å². The molecule has 0 fully saturated rings. The molecular formula is C16H12BN3O2. The number of non-ortho nitro benzene ring substituents is 1. The summed E-state index contributed by atoms with van der Waals surface area (Å²) in [6.45, 7) is -0.194. The van der Waals surface area contributed by atoms with Gasteiger partial charge in [-0.3, -0.25) is 10.1 Å². The summed E-state index contributed by atoms with van der Waals surface area (Å²) in [6, 6.07) is 18.9. The summed E-state index contributed by atoms with van der Waals surface area (Å²) in [6.07, 6.45) is 0. The van der Waals surface area contributed by atoms with Crippen molar-refractivity contribution in [1.82, 2.24) is 0 Å². The molecule has 0 aromatic heterocycles. The van der Waals surface area contributed by atoms with Crippen molar-refractivity contribution in [1.29, 1.82) is 0 Å². The number of nitro groups is 1. The van der Waals surface area contributed by atoms with Crippen molar-refractivity contribution in [2.24, 2.45) is 0 Å². The fourth-order valence-corrected chi connectivity index (χ4v) is 2.91. The van der Waals surface area contributed by atoms with Crippen LogP contribution in [0.3, 0.4) is 0 Å². The van der Waals surface area contributed by atoms with Crippen molar-refractivity contribution in [3.63, 3.8) is 0 Å². The number of nitrogens with one attached hydrogen (secondary N) is 2. The zero-order valence-corrected chi connectivity index (χ0v) is 11.6. The van der Waals surface area contributed by atoms with Crippen LogP contribution in [0.1, 0.15) is 0 Å². The second-order valence-corrected chi connectivity index (χ2v) is 5.28. The van der Waals surface area contributed by atoms with Gasteiger partial charge >= 0.3 is 6.98 Å². The molecule has 0 radical (unpaired) electrons. The van der Waals surface area contributed by atoms with Crippen molar-refractivity contribution in [2.75, 3.05) is 10.5 Å². The fraction of sp³-hybridized carbons (Fsp3) is 0. The second-order valence-electron chi connectivity index (χ2n) is 5.28. The fourth-order valence-electron chi connectivity index (χ4n) is 2.91. The van der Waals surface area contributed by atoms with Crippen LogP contribution >= 0.6 is 0 Å². The van der Waals surface area contributed by atoms with Crippen LogP contribution in [0.2, 0.25) is 0 Å². The van der Waals surface area contributed by atoms with E-state index in [1.807, 2.05) is 30.3 Å². The Kier molecular flexibility index (Phi) is 2.75. The van der Waals surface area contributed by atoms with Gasteiger partial charge in [0.1, 0.15) is 0 Å². The molecular weight excluding hydrogens is 277 g/mol. The van der Waals surface area contributed by atoms with Gasteiger partial charge in [0.2, 0.25) is 0 Å². The third-order valence-electron chi connectivity index (χ3n) is 3.92. The first-order chi connectivity index (χ1) is 10.7.